The number of carbonyl (C=O) groups excluding carboxylic acids is 1. The van der Waals surface area contributed by atoms with Crippen LogP contribution in [0.25, 0.3) is 0 Å². The number of methoxy groups -OCH3 is 1. The molecule has 20 heavy (non-hydrogen) atoms. The Labute approximate surface area is 113 Å². The van der Waals surface area contributed by atoms with Gasteiger partial charge in [-0.25, -0.2) is 9.78 Å². The molecular formula is C12H11N3O5. The van der Waals surface area contributed by atoms with Gasteiger partial charge in [-0.15, -0.1) is 0 Å². The molecule has 2 rings (SSSR count). The first-order chi connectivity index (χ1) is 9.61. The highest BCUT2D eigenvalue weighted by molar-refractivity contribution is 5.90. The van der Waals surface area contributed by atoms with Crippen molar-refractivity contribution in [3.05, 3.63) is 52.1 Å². The first kappa shape index (κ1) is 13.5. The summed E-state index contributed by atoms with van der Waals surface area (Å²) in [5.74, 6) is -0.0182. The van der Waals surface area contributed by atoms with Crippen molar-refractivity contribution in [2.24, 2.45) is 0 Å². The maximum Gasteiger partial charge on any atom is 0.339 e. The van der Waals surface area contributed by atoms with Crippen LogP contribution in [0.3, 0.4) is 0 Å². The second kappa shape index (κ2) is 5.83. The summed E-state index contributed by atoms with van der Waals surface area (Å²) in [4.78, 5) is 25.6. The van der Waals surface area contributed by atoms with Gasteiger partial charge in [-0.1, -0.05) is 0 Å². The van der Waals surface area contributed by atoms with Gasteiger partial charge in [-0.2, -0.15) is 0 Å². The molecule has 0 aliphatic carbocycles. The second-order valence-electron chi connectivity index (χ2n) is 3.77. The number of hydrogen-bond acceptors (Lipinski definition) is 7. The van der Waals surface area contributed by atoms with Gasteiger partial charge in [0.15, 0.2) is 0 Å². The first-order valence-electron chi connectivity index (χ1n) is 5.61. The molecule has 0 saturated carbocycles. The lowest BCUT2D eigenvalue weighted by Gasteiger charge is -2.05. The van der Waals surface area contributed by atoms with E-state index in [1.165, 1.54) is 19.6 Å². The van der Waals surface area contributed by atoms with Crippen molar-refractivity contribution >= 4 is 17.5 Å². The van der Waals surface area contributed by atoms with Gasteiger partial charge in [0.05, 0.1) is 30.4 Å². The summed E-state index contributed by atoms with van der Waals surface area (Å²) < 4.78 is 9.59. The molecule has 0 bridgehead atoms. The van der Waals surface area contributed by atoms with Crippen LogP contribution in [-0.4, -0.2) is 23.0 Å². The van der Waals surface area contributed by atoms with Gasteiger partial charge in [0.1, 0.15) is 5.76 Å². The number of pyridine rings is 1. The van der Waals surface area contributed by atoms with Crippen LogP contribution in [0.5, 0.6) is 0 Å². The standard InChI is InChI=1S/C12H11N3O5/c1-19-12(16)8-5-10(15(17)18)11(13-6-8)14-7-9-3-2-4-20-9/h2-6H,7H2,1H3,(H,13,14). The average Bonchev–Trinajstić information content (AvgIpc) is 2.97. The zero-order chi connectivity index (χ0) is 14.5. The van der Waals surface area contributed by atoms with Crippen LogP contribution in [0, 0.1) is 10.1 Å². The predicted octanol–water partition coefficient (Wildman–Crippen LogP) is 1.98. The molecule has 0 atom stereocenters. The van der Waals surface area contributed by atoms with Gasteiger partial charge >= 0.3 is 11.7 Å². The van der Waals surface area contributed by atoms with Gasteiger partial charge in [0.2, 0.25) is 5.82 Å². The number of furan rings is 1. The summed E-state index contributed by atoms with van der Waals surface area (Å²) in [7, 11) is 1.19. The zero-order valence-electron chi connectivity index (χ0n) is 10.5. The molecular weight excluding hydrogens is 266 g/mol. The number of nitrogens with one attached hydrogen (secondary N) is 1. The van der Waals surface area contributed by atoms with Crippen molar-refractivity contribution in [1.29, 1.82) is 0 Å². The van der Waals surface area contributed by atoms with Crippen molar-refractivity contribution in [3.63, 3.8) is 0 Å². The Morgan fingerprint density at radius 2 is 2.40 bits per heavy atom. The second-order valence-corrected chi connectivity index (χ2v) is 3.77. The maximum absolute atomic E-state index is 11.3. The minimum atomic E-state index is -0.682. The molecule has 1 N–H and O–H groups in total. The van der Waals surface area contributed by atoms with Crippen LogP contribution < -0.4 is 5.32 Å². The first-order valence-corrected chi connectivity index (χ1v) is 5.61. The molecule has 2 heterocycles. The van der Waals surface area contributed by atoms with Gasteiger partial charge in [-0.05, 0) is 12.1 Å². The fourth-order valence-corrected chi connectivity index (χ4v) is 1.54. The lowest BCUT2D eigenvalue weighted by Crippen LogP contribution is -2.08. The molecule has 0 aromatic carbocycles. The Morgan fingerprint density at radius 3 is 3.00 bits per heavy atom. The molecule has 104 valence electrons. The van der Waals surface area contributed by atoms with Crippen LogP contribution in [0.15, 0.2) is 35.1 Å². The Morgan fingerprint density at radius 1 is 1.60 bits per heavy atom. The number of nitrogens with zero attached hydrogens (tertiary/aromatic N) is 2. The molecule has 8 nitrogen and oxygen atoms in total. The lowest BCUT2D eigenvalue weighted by molar-refractivity contribution is -0.384. The fraction of sp³-hybridized carbons (Fsp3) is 0.167. The lowest BCUT2D eigenvalue weighted by atomic mass is 10.2. The van der Waals surface area contributed by atoms with Crippen molar-refractivity contribution < 1.29 is 18.9 Å². The van der Waals surface area contributed by atoms with Crippen molar-refractivity contribution in [3.8, 4) is 0 Å². The van der Waals surface area contributed by atoms with E-state index in [-0.39, 0.29) is 23.6 Å². The molecule has 2 aromatic rings. The van der Waals surface area contributed by atoms with Crippen LogP contribution in [-0.2, 0) is 11.3 Å². The van der Waals surface area contributed by atoms with Crippen LogP contribution in [0.4, 0.5) is 11.5 Å². The monoisotopic (exact) mass is 277 g/mol. The van der Waals surface area contributed by atoms with Crippen LogP contribution in [0.1, 0.15) is 16.1 Å². The van der Waals surface area contributed by atoms with E-state index < -0.39 is 10.9 Å². The van der Waals surface area contributed by atoms with E-state index >= 15 is 0 Å². The summed E-state index contributed by atoms with van der Waals surface area (Å²) in [6.07, 6.45) is 2.71. The highest BCUT2D eigenvalue weighted by Crippen LogP contribution is 2.23. The Hall–Kier alpha value is -2.90. The number of hydrogen-bond donors (Lipinski definition) is 1. The van der Waals surface area contributed by atoms with Gasteiger partial charge in [0, 0.05) is 12.3 Å². The Bertz CT molecular complexity index is 624. The predicted molar refractivity (Wildman–Crippen MR) is 68.3 cm³/mol. The zero-order valence-corrected chi connectivity index (χ0v) is 10.5. The quantitative estimate of drug-likeness (QED) is 0.505. The van der Waals surface area contributed by atoms with E-state index in [1.807, 2.05) is 0 Å². The normalized spacial score (nSPS) is 10.1. The fourth-order valence-electron chi connectivity index (χ4n) is 1.54. The minimum absolute atomic E-state index is 0.0164. The van der Waals surface area contributed by atoms with Crippen LogP contribution >= 0.6 is 0 Å². The number of nitro groups is 1. The van der Waals surface area contributed by atoms with Gasteiger partial charge < -0.3 is 14.5 Å². The average molecular weight is 277 g/mol. The third kappa shape index (κ3) is 2.91. The molecule has 0 unspecified atom stereocenters. The molecule has 8 heteroatoms. The number of rotatable bonds is 5. The molecule has 0 amide bonds. The van der Waals surface area contributed by atoms with E-state index in [1.54, 1.807) is 12.1 Å². The minimum Gasteiger partial charge on any atom is -0.467 e. The molecule has 0 spiro atoms. The van der Waals surface area contributed by atoms with E-state index in [0.717, 1.165) is 6.07 Å². The summed E-state index contributed by atoms with van der Waals surface area (Å²) in [6, 6.07) is 4.55. The number of anilines is 1. The van der Waals surface area contributed by atoms with Gasteiger partial charge in [0.25, 0.3) is 0 Å². The topological polar surface area (TPSA) is 108 Å². The molecule has 2 aromatic heterocycles. The summed E-state index contributed by atoms with van der Waals surface area (Å²) >= 11 is 0. The van der Waals surface area contributed by atoms with E-state index in [2.05, 4.69) is 15.0 Å². The number of aromatic nitrogens is 1. The van der Waals surface area contributed by atoms with Crippen molar-refractivity contribution in [1.82, 2.24) is 4.98 Å². The van der Waals surface area contributed by atoms with E-state index in [9.17, 15) is 14.9 Å². The summed E-state index contributed by atoms with van der Waals surface area (Å²) in [5, 5.41) is 13.8. The Balaban J connectivity index is 2.23. The summed E-state index contributed by atoms with van der Waals surface area (Å²) in [6.45, 7) is 0.248. The largest absolute Gasteiger partial charge is 0.467 e. The van der Waals surface area contributed by atoms with E-state index in [0.29, 0.717) is 5.76 Å². The number of ether oxygens (including phenoxy) is 1. The molecule has 0 fully saturated rings. The SMILES string of the molecule is COC(=O)c1cnc(NCc2ccco2)c([N+](=O)[O-])c1. The number of carbonyl (C=O) groups is 1. The van der Waals surface area contributed by atoms with Gasteiger partial charge in [-0.3, -0.25) is 10.1 Å². The van der Waals surface area contributed by atoms with Crippen LogP contribution in [0.2, 0.25) is 0 Å². The Kier molecular flexibility index (Phi) is 3.94. The highest BCUT2D eigenvalue weighted by Gasteiger charge is 2.19. The molecule has 0 saturated heterocycles. The molecule has 0 aliphatic heterocycles. The highest BCUT2D eigenvalue weighted by atomic mass is 16.6. The molecule has 0 radical (unpaired) electrons. The van der Waals surface area contributed by atoms with E-state index in [4.69, 9.17) is 4.42 Å². The smallest absolute Gasteiger partial charge is 0.339 e. The van der Waals surface area contributed by atoms with Crippen molar-refractivity contribution in [2.75, 3.05) is 12.4 Å². The third-order valence-electron chi connectivity index (χ3n) is 2.50. The molecule has 0 aliphatic rings. The van der Waals surface area contributed by atoms with Crippen molar-refractivity contribution in [2.45, 2.75) is 6.54 Å². The maximum atomic E-state index is 11.3. The third-order valence-corrected chi connectivity index (χ3v) is 2.50. The summed E-state index contributed by atoms with van der Waals surface area (Å²) in [5.41, 5.74) is -0.290. The number of esters is 1.